The van der Waals surface area contributed by atoms with Gasteiger partial charge in [0, 0.05) is 43.1 Å². The summed E-state index contributed by atoms with van der Waals surface area (Å²) in [6, 6.07) is 14.6. The number of carbonyl (C=O) groups is 1. The van der Waals surface area contributed by atoms with Crippen molar-refractivity contribution in [1.29, 1.82) is 0 Å². The van der Waals surface area contributed by atoms with Gasteiger partial charge in [-0.2, -0.15) is 4.98 Å². The number of amides is 1. The van der Waals surface area contributed by atoms with E-state index in [4.69, 9.17) is 14.2 Å². The molecule has 0 radical (unpaired) electrons. The molecule has 242 valence electrons. The molecule has 0 spiro atoms. The van der Waals surface area contributed by atoms with E-state index in [2.05, 4.69) is 34.2 Å². The third-order valence-corrected chi connectivity index (χ3v) is 8.07. The van der Waals surface area contributed by atoms with Crippen molar-refractivity contribution in [2.45, 2.75) is 33.4 Å². The summed E-state index contributed by atoms with van der Waals surface area (Å²) in [5, 5.41) is 3.05. The van der Waals surface area contributed by atoms with Crippen LogP contribution in [0.5, 0.6) is 17.2 Å². The quantitative estimate of drug-likeness (QED) is 0.223. The lowest BCUT2D eigenvalue weighted by molar-refractivity contribution is 0.206. The number of aryl methyl sites for hydroxylation is 2. The summed E-state index contributed by atoms with van der Waals surface area (Å²) in [4.78, 5) is 28.3. The lowest BCUT2D eigenvalue weighted by atomic mass is 10.1. The summed E-state index contributed by atoms with van der Waals surface area (Å²) in [6.45, 7) is 7.74. The van der Waals surface area contributed by atoms with Crippen LogP contribution in [-0.2, 0) is 6.54 Å². The SMILES string of the molecule is COc1ccc(OC)c(CN(C(=O)Oc2c(C)cc(F)cc2C)c2ccnc(Nc3ccc(N4CCN(C)C(C)C4)c(F)c3)n2)c1. The highest BCUT2D eigenvalue weighted by atomic mass is 19.1. The van der Waals surface area contributed by atoms with Gasteiger partial charge in [0.2, 0.25) is 5.95 Å². The molecule has 0 bridgehead atoms. The summed E-state index contributed by atoms with van der Waals surface area (Å²) < 4.78 is 46.0. The smallest absolute Gasteiger partial charge is 0.421 e. The van der Waals surface area contributed by atoms with Crippen molar-refractivity contribution in [3.8, 4) is 17.2 Å². The van der Waals surface area contributed by atoms with Crippen molar-refractivity contribution in [1.82, 2.24) is 14.9 Å². The van der Waals surface area contributed by atoms with Gasteiger partial charge >= 0.3 is 6.09 Å². The molecule has 1 unspecified atom stereocenters. The van der Waals surface area contributed by atoms with Gasteiger partial charge in [0.15, 0.2) is 0 Å². The summed E-state index contributed by atoms with van der Waals surface area (Å²) in [5.41, 5.74) is 2.53. The Labute approximate surface area is 267 Å². The molecule has 1 atom stereocenters. The van der Waals surface area contributed by atoms with Crippen LogP contribution in [-0.4, -0.2) is 67.9 Å². The number of nitrogens with one attached hydrogen (secondary N) is 1. The van der Waals surface area contributed by atoms with Gasteiger partial charge in [-0.3, -0.25) is 4.90 Å². The Kier molecular flexibility index (Phi) is 9.86. The first kappa shape index (κ1) is 32.4. The molecule has 1 aromatic heterocycles. The highest BCUT2D eigenvalue weighted by Crippen LogP contribution is 2.31. The number of ether oxygens (including phenoxy) is 3. The van der Waals surface area contributed by atoms with Crippen LogP contribution < -0.4 is 29.3 Å². The van der Waals surface area contributed by atoms with Gasteiger partial charge in [-0.1, -0.05) is 0 Å². The Hall–Kier alpha value is -4.97. The first-order valence-corrected chi connectivity index (χ1v) is 14.9. The van der Waals surface area contributed by atoms with E-state index in [9.17, 15) is 9.18 Å². The predicted octanol–water partition coefficient (Wildman–Crippen LogP) is 6.48. The fourth-order valence-corrected chi connectivity index (χ4v) is 5.41. The second-order valence-corrected chi connectivity index (χ2v) is 11.3. The minimum atomic E-state index is -0.760. The molecule has 10 nitrogen and oxygen atoms in total. The van der Waals surface area contributed by atoms with Crippen molar-refractivity contribution in [3.63, 3.8) is 0 Å². The van der Waals surface area contributed by atoms with Gasteiger partial charge in [0.1, 0.15) is 34.7 Å². The monoisotopic (exact) mass is 632 g/mol. The van der Waals surface area contributed by atoms with Crippen molar-refractivity contribution in [2.24, 2.45) is 0 Å². The summed E-state index contributed by atoms with van der Waals surface area (Å²) in [5.74, 6) is 0.879. The Morgan fingerprint density at radius 3 is 2.46 bits per heavy atom. The van der Waals surface area contributed by atoms with E-state index in [1.165, 1.54) is 36.4 Å². The highest BCUT2D eigenvalue weighted by molar-refractivity contribution is 5.88. The van der Waals surface area contributed by atoms with Gasteiger partial charge < -0.3 is 29.3 Å². The third kappa shape index (κ3) is 7.28. The minimum absolute atomic E-state index is 0.0122. The topological polar surface area (TPSA) is 92.3 Å². The van der Waals surface area contributed by atoms with Gasteiger partial charge in [-0.05, 0) is 93.5 Å². The van der Waals surface area contributed by atoms with Crippen LogP contribution in [0.15, 0.2) is 60.8 Å². The molecule has 1 amide bonds. The number of halogens is 2. The van der Waals surface area contributed by atoms with Crippen LogP contribution in [0.4, 0.5) is 36.7 Å². The van der Waals surface area contributed by atoms with E-state index in [-0.39, 0.29) is 29.9 Å². The largest absolute Gasteiger partial charge is 0.497 e. The Balaban J connectivity index is 1.44. The number of hydrogen-bond donors (Lipinski definition) is 1. The second kappa shape index (κ2) is 14.0. The number of benzene rings is 3. The Bertz CT molecular complexity index is 1700. The molecule has 3 aromatic carbocycles. The third-order valence-electron chi connectivity index (χ3n) is 8.07. The lowest BCUT2D eigenvalue weighted by Gasteiger charge is -2.39. The molecule has 0 saturated carbocycles. The maximum Gasteiger partial charge on any atom is 0.421 e. The molecule has 1 fully saturated rings. The van der Waals surface area contributed by atoms with Crippen LogP contribution in [0.3, 0.4) is 0 Å². The second-order valence-electron chi connectivity index (χ2n) is 11.3. The van der Waals surface area contributed by atoms with Crippen LogP contribution in [0, 0.1) is 25.5 Å². The molecule has 1 aliphatic heterocycles. The molecule has 1 saturated heterocycles. The maximum absolute atomic E-state index is 15.3. The predicted molar refractivity (Wildman–Crippen MR) is 174 cm³/mol. The fraction of sp³-hybridized carbons (Fsp3) is 0.324. The number of rotatable bonds is 9. The van der Waals surface area contributed by atoms with E-state index in [0.29, 0.717) is 45.6 Å². The Morgan fingerprint density at radius 1 is 1.02 bits per heavy atom. The number of piperazine rings is 1. The molecule has 1 N–H and O–H groups in total. The molecule has 2 heterocycles. The molecule has 12 heteroatoms. The standard InChI is InChI=1S/C34H38F2N6O4/c1-21-15-25(35)16-22(2)32(21)46-34(43)42(20-24-17-27(44-5)8-10-30(24)45-6)31-11-12-37-33(39-31)38-26-7-9-29(28(36)18-26)41-14-13-40(4)23(3)19-41/h7-12,15-18,23H,13-14,19-20H2,1-6H3,(H,37,38,39). The normalized spacial score (nSPS) is 15.0. The van der Waals surface area contributed by atoms with Gasteiger partial charge in [-0.15, -0.1) is 0 Å². The number of hydrogen-bond acceptors (Lipinski definition) is 9. The Morgan fingerprint density at radius 2 is 1.78 bits per heavy atom. The van der Waals surface area contributed by atoms with Gasteiger partial charge in [0.25, 0.3) is 0 Å². The van der Waals surface area contributed by atoms with Crippen molar-refractivity contribution in [2.75, 3.05) is 56.0 Å². The number of carbonyl (C=O) groups excluding carboxylic acids is 1. The molecule has 4 aromatic rings. The molecule has 0 aliphatic carbocycles. The van der Waals surface area contributed by atoms with Crippen LogP contribution in [0.1, 0.15) is 23.6 Å². The van der Waals surface area contributed by atoms with E-state index in [1.54, 1.807) is 57.4 Å². The average molecular weight is 633 g/mol. The molecular formula is C34H38F2N6O4. The van der Waals surface area contributed by atoms with E-state index < -0.39 is 11.9 Å². The summed E-state index contributed by atoms with van der Waals surface area (Å²) in [7, 11) is 5.14. The average Bonchev–Trinajstić information content (AvgIpc) is 3.03. The summed E-state index contributed by atoms with van der Waals surface area (Å²) in [6.07, 6.45) is 0.725. The molecule has 5 rings (SSSR count). The summed E-state index contributed by atoms with van der Waals surface area (Å²) >= 11 is 0. The lowest BCUT2D eigenvalue weighted by Crippen LogP contribution is -2.50. The zero-order valence-electron chi connectivity index (χ0n) is 26.8. The van der Waals surface area contributed by atoms with Gasteiger partial charge in [0.05, 0.1) is 26.5 Å². The highest BCUT2D eigenvalue weighted by Gasteiger charge is 2.25. The number of anilines is 4. The number of aromatic nitrogens is 2. The van der Waals surface area contributed by atoms with Gasteiger partial charge in [-0.25, -0.2) is 18.6 Å². The van der Waals surface area contributed by atoms with Crippen LogP contribution >= 0.6 is 0 Å². The van der Waals surface area contributed by atoms with E-state index >= 15 is 4.39 Å². The van der Waals surface area contributed by atoms with Crippen molar-refractivity contribution < 1.29 is 27.8 Å². The van der Waals surface area contributed by atoms with Crippen molar-refractivity contribution in [3.05, 3.63) is 89.1 Å². The van der Waals surface area contributed by atoms with Crippen molar-refractivity contribution >= 4 is 29.2 Å². The molecule has 46 heavy (non-hydrogen) atoms. The number of nitrogens with zero attached hydrogens (tertiary/aromatic N) is 5. The first-order chi connectivity index (χ1) is 22.1. The zero-order chi connectivity index (χ0) is 33.0. The molecule has 1 aliphatic rings. The number of methoxy groups -OCH3 is 2. The zero-order valence-corrected chi connectivity index (χ0v) is 26.8. The fourth-order valence-electron chi connectivity index (χ4n) is 5.41. The van der Waals surface area contributed by atoms with Crippen LogP contribution in [0.2, 0.25) is 0 Å². The molecular weight excluding hydrogens is 594 g/mol. The van der Waals surface area contributed by atoms with Crippen LogP contribution in [0.25, 0.3) is 0 Å². The van der Waals surface area contributed by atoms with E-state index in [0.717, 1.165) is 19.6 Å². The minimum Gasteiger partial charge on any atom is -0.497 e. The first-order valence-electron chi connectivity index (χ1n) is 14.9. The maximum atomic E-state index is 15.3. The van der Waals surface area contributed by atoms with E-state index in [1.807, 2.05) is 4.90 Å². The number of likely N-dealkylation sites (N-methyl/N-ethyl adjacent to an activating group) is 1.